The molecule has 1 aromatic heterocycles. The van der Waals surface area contributed by atoms with Crippen LogP contribution < -0.4 is 15.4 Å². The number of ether oxygens (including phenoxy) is 1. The maximum atomic E-state index is 13.9. The molecule has 0 spiro atoms. The number of pyridine rings is 1. The predicted molar refractivity (Wildman–Crippen MR) is 110 cm³/mol. The molecule has 2 N–H and O–H groups in total. The standard InChI is InChI=1S/C20H21F4N3O4S/c1-12(9-10-32(3,29)30)26-19(28)14-7-8-16(20(22,23)24)27-18(14)25-11-13-5-4-6-15(21)17(13)31-2/h4-10,12H,11H2,1-3H3,(H,25,27)(H,26,28)/b10-9+/t12-/m0/s1. The Hall–Kier alpha value is -3.15. The summed E-state index contributed by atoms with van der Waals surface area (Å²) in [5, 5.41) is 5.98. The zero-order chi connectivity index (χ0) is 24.1. The van der Waals surface area contributed by atoms with Crippen LogP contribution in [0.1, 0.15) is 28.5 Å². The third-order valence-electron chi connectivity index (χ3n) is 4.10. The number of alkyl halides is 3. The lowest BCUT2D eigenvalue weighted by Crippen LogP contribution is -2.32. The van der Waals surface area contributed by atoms with Crippen LogP contribution in [0.2, 0.25) is 0 Å². The van der Waals surface area contributed by atoms with Gasteiger partial charge in [-0.2, -0.15) is 13.2 Å². The average Bonchev–Trinajstić information content (AvgIpc) is 2.69. The molecule has 0 unspecified atom stereocenters. The molecular weight excluding hydrogens is 454 g/mol. The van der Waals surface area contributed by atoms with Gasteiger partial charge in [-0.25, -0.2) is 17.8 Å². The molecule has 1 heterocycles. The number of sulfone groups is 1. The minimum atomic E-state index is -4.76. The van der Waals surface area contributed by atoms with Crippen molar-refractivity contribution in [3.05, 3.63) is 64.5 Å². The molecule has 0 saturated heterocycles. The van der Waals surface area contributed by atoms with Crippen molar-refractivity contribution in [2.24, 2.45) is 0 Å². The first-order chi connectivity index (χ1) is 14.8. The van der Waals surface area contributed by atoms with Crippen molar-refractivity contribution in [1.82, 2.24) is 10.3 Å². The second-order valence-electron chi connectivity index (χ2n) is 6.80. The summed E-state index contributed by atoms with van der Waals surface area (Å²) in [5.74, 6) is -1.93. The van der Waals surface area contributed by atoms with E-state index in [1.807, 2.05) is 0 Å². The number of para-hydroxylation sites is 1. The fourth-order valence-electron chi connectivity index (χ4n) is 2.63. The van der Waals surface area contributed by atoms with Crippen LogP contribution in [0.4, 0.5) is 23.4 Å². The van der Waals surface area contributed by atoms with Gasteiger partial charge >= 0.3 is 6.18 Å². The molecule has 32 heavy (non-hydrogen) atoms. The van der Waals surface area contributed by atoms with E-state index in [1.54, 1.807) is 0 Å². The number of carbonyl (C=O) groups is 1. The van der Waals surface area contributed by atoms with Crippen LogP contribution >= 0.6 is 0 Å². The normalized spacial score (nSPS) is 13.1. The minimum Gasteiger partial charge on any atom is -0.493 e. The Morgan fingerprint density at radius 3 is 2.53 bits per heavy atom. The third kappa shape index (κ3) is 6.94. The summed E-state index contributed by atoms with van der Waals surface area (Å²) in [5.41, 5.74) is -1.15. The van der Waals surface area contributed by atoms with Gasteiger partial charge in [-0.15, -0.1) is 0 Å². The van der Waals surface area contributed by atoms with Crippen molar-refractivity contribution < 1.29 is 35.5 Å². The summed E-state index contributed by atoms with van der Waals surface area (Å²) in [7, 11) is -2.18. The second kappa shape index (κ2) is 9.98. The molecule has 0 bridgehead atoms. The summed E-state index contributed by atoms with van der Waals surface area (Å²) in [6, 6.07) is 4.92. The van der Waals surface area contributed by atoms with Crippen LogP contribution in [0.15, 0.2) is 41.8 Å². The first-order valence-electron chi connectivity index (χ1n) is 9.14. The molecule has 0 aliphatic heterocycles. The number of anilines is 1. The Balaban J connectivity index is 2.34. The molecule has 1 amide bonds. The molecule has 0 aliphatic carbocycles. The van der Waals surface area contributed by atoms with Gasteiger partial charge in [-0.1, -0.05) is 18.2 Å². The number of hydrogen-bond acceptors (Lipinski definition) is 6. The molecule has 12 heteroatoms. The monoisotopic (exact) mass is 475 g/mol. The maximum Gasteiger partial charge on any atom is 0.433 e. The van der Waals surface area contributed by atoms with Gasteiger partial charge in [0.1, 0.15) is 11.5 Å². The van der Waals surface area contributed by atoms with Gasteiger partial charge in [-0.05, 0) is 25.1 Å². The van der Waals surface area contributed by atoms with Crippen molar-refractivity contribution in [2.75, 3.05) is 18.7 Å². The van der Waals surface area contributed by atoms with E-state index in [-0.39, 0.29) is 23.7 Å². The number of nitrogens with zero attached hydrogens (tertiary/aromatic N) is 1. The van der Waals surface area contributed by atoms with Crippen molar-refractivity contribution in [2.45, 2.75) is 25.7 Å². The lowest BCUT2D eigenvalue weighted by molar-refractivity contribution is -0.141. The quantitative estimate of drug-likeness (QED) is 0.567. The van der Waals surface area contributed by atoms with E-state index >= 15 is 0 Å². The molecule has 0 fully saturated rings. The van der Waals surface area contributed by atoms with Crippen LogP contribution in [0.25, 0.3) is 0 Å². The van der Waals surface area contributed by atoms with E-state index < -0.39 is 39.5 Å². The van der Waals surface area contributed by atoms with Gasteiger partial charge in [0.25, 0.3) is 5.91 Å². The number of rotatable bonds is 8. The summed E-state index contributed by atoms with van der Waals surface area (Å²) in [6.45, 7) is 1.31. The molecule has 2 rings (SSSR count). The van der Waals surface area contributed by atoms with E-state index in [4.69, 9.17) is 4.74 Å². The number of hydrogen-bond donors (Lipinski definition) is 2. The fourth-order valence-corrected chi connectivity index (χ4v) is 3.15. The van der Waals surface area contributed by atoms with E-state index in [1.165, 1.54) is 32.2 Å². The van der Waals surface area contributed by atoms with Gasteiger partial charge in [0.15, 0.2) is 21.4 Å². The maximum absolute atomic E-state index is 13.9. The summed E-state index contributed by atoms with van der Waals surface area (Å²) < 4.78 is 80.7. The Labute approximate surface area is 182 Å². The molecular formula is C20H21F4N3O4S. The highest BCUT2D eigenvalue weighted by Crippen LogP contribution is 2.30. The zero-order valence-electron chi connectivity index (χ0n) is 17.3. The van der Waals surface area contributed by atoms with Crippen LogP contribution in [-0.2, 0) is 22.6 Å². The number of aromatic nitrogens is 1. The van der Waals surface area contributed by atoms with Crippen LogP contribution in [0.5, 0.6) is 5.75 Å². The molecule has 0 saturated carbocycles. The largest absolute Gasteiger partial charge is 0.493 e. The van der Waals surface area contributed by atoms with Crippen molar-refractivity contribution >= 4 is 21.6 Å². The first kappa shape index (κ1) is 25.1. The molecule has 174 valence electrons. The first-order valence-corrected chi connectivity index (χ1v) is 11.1. The van der Waals surface area contributed by atoms with Crippen molar-refractivity contribution in [1.29, 1.82) is 0 Å². The van der Waals surface area contributed by atoms with Crippen molar-refractivity contribution in [3.8, 4) is 5.75 Å². The molecule has 1 aromatic carbocycles. The molecule has 2 aromatic rings. The topological polar surface area (TPSA) is 97.4 Å². The Kier molecular flexibility index (Phi) is 7.83. The number of halogens is 4. The molecule has 7 nitrogen and oxygen atoms in total. The number of methoxy groups -OCH3 is 1. The third-order valence-corrected chi connectivity index (χ3v) is 4.75. The zero-order valence-corrected chi connectivity index (χ0v) is 18.1. The summed E-state index contributed by atoms with van der Waals surface area (Å²) in [6.07, 6.45) is -2.57. The second-order valence-corrected chi connectivity index (χ2v) is 8.73. The SMILES string of the molecule is COc1c(F)cccc1CNc1nc(C(F)(F)F)ccc1C(=O)N[C@@H](C)/C=C/S(C)(=O)=O. The lowest BCUT2D eigenvalue weighted by Gasteiger charge is -2.16. The summed E-state index contributed by atoms with van der Waals surface area (Å²) in [4.78, 5) is 16.1. The fraction of sp³-hybridized carbons (Fsp3) is 0.300. The van der Waals surface area contributed by atoms with Crippen LogP contribution in [-0.4, -0.2) is 38.7 Å². The molecule has 0 aliphatic rings. The van der Waals surface area contributed by atoms with E-state index in [2.05, 4.69) is 15.6 Å². The highest BCUT2D eigenvalue weighted by Gasteiger charge is 2.33. The Bertz CT molecular complexity index is 1120. The average molecular weight is 475 g/mol. The van der Waals surface area contributed by atoms with Gasteiger partial charge < -0.3 is 15.4 Å². The number of carbonyl (C=O) groups excluding carboxylic acids is 1. The number of benzene rings is 1. The highest BCUT2D eigenvalue weighted by atomic mass is 32.2. The van der Waals surface area contributed by atoms with Gasteiger partial charge in [-0.3, -0.25) is 4.79 Å². The van der Waals surface area contributed by atoms with Gasteiger partial charge in [0, 0.05) is 29.8 Å². The van der Waals surface area contributed by atoms with E-state index in [0.717, 1.165) is 23.8 Å². The van der Waals surface area contributed by atoms with Crippen LogP contribution in [0, 0.1) is 5.82 Å². The smallest absolute Gasteiger partial charge is 0.433 e. The molecule has 1 atom stereocenters. The van der Waals surface area contributed by atoms with Crippen molar-refractivity contribution in [3.63, 3.8) is 0 Å². The predicted octanol–water partition coefficient (Wildman–Crippen LogP) is 3.54. The highest BCUT2D eigenvalue weighted by molar-refractivity contribution is 7.93. The Morgan fingerprint density at radius 2 is 1.94 bits per heavy atom. The van der Waals surface area contributed by atoms with Crippen LogP contribution in [0.3, 0.4) is 0 Å². The van der Waals surface area contributed by atoms with E-state index in [9.17, 15) is 30.8 Å². The number of amides is 1. The van der Waals surface area contributed by atoms with Gasteiger partial charge in [0.05, 0.1) is 12.7 Å². The molecule has 0 radical (unpaired) electrons. The van der Waals surface area contributed by atoms with Gasteiger partial charge in [0.2, 0.25) is 0 Å². The Morgan fingerprint density at radius 1 is 1.25 bits per heavy atom. The minimum absolute atomic E-state index is 0.0995. The summed E-state index contributed by atoms with van der Waals surface area (Å²) >= 11 is 0. The van der Waals surface area contributed by atoms with E-state index in [0.29, 0.717) is 11.6 Å². The lowest BCUT2D eigenvalue weighted by atomic mass is 10.1. The number of nitrogens with one attached hydrogen (secondary N) is 2.